The molecule has 0 bridgehead atoms. The summed E-state index contributed by atoms with van der Waals surface area (Å²) in [6.07, 6.45) is 5.30. The molecule has 86 valence electrons. The van der Waals surface area contributed by atoms with Crippen LogP contribution in [0.1, 0.15) is 33.1 Å². The third kappa shape index (κ3) is 6.68. The Labute approximate surface area is 92.9 Å². The monoisotopic (exact) mass is 219 g/mol. The fraction of sp³-hybridized carbons (Fsp3) is 1.00. The Morgan fingerprint density at radius 1 is 1.29 bits per heavy atom. The van der Waals surface area contributed by atoms with Gasteiger partial charge in [0, 0.05) is 6.54 Å². The predicted octanol–water partition coefficient (Wildman–Crippen LogP) is 2.13. The van der Waals surface area contributed by atoms with Crippen molar-refractivity contribution in [3.05, 3.63) is 0 Å². The van der Waals surface area contributed by atoms with E-state index in [1.165, 1.54) is 12.2 Å². The Kier molecular flexibility index (Phi) is 10.0. The first-order valence-corrected chi connectivity index (χ1v) is 7.03. The summed E-state index contributed by atoms with van der Waals surface area (Å²) < 4.78 is 0. The lowest BCUT2D eigenvalue weighted by Gasteiger charge is -2.20. The van der Waals surface area contributed by atoms with E-state index in [0.717, 1.165) is 25.9 Å². The van der Waals surface area contributed by atoms with E-state index in [4.69, 9.17) is 0 Å². The van der Waals surface area contributed by atoms with Crippen LogP contribution in [0.5, 0.6) is 0 Å². The third-order valence-electron chi connectivity index (χ3n) is 2.65. The van der Waals surface area contributed by atoms with Crippen LogP contribution in [0.2, 0.25) is 0 Å². The average molecular weight is 219 g/mol. The molecule has 0 rings (SSSR count). The second kappa shape index (κ2) is 9.81. The lowest BCUT2D eigenvalue weighted by atomic mass is 9.96. The molecule has 0 aromatic heterocycles. The van der Waals surface area contributed by atoms with Gasteiger partial charge in [-0.15, -0.1) is 0 Å². The highest BCUT2D eigenvalue weighted by Crippen LogP contribution is 2.12. The lowest BCUT2D eigenvalue weighted by Crippen LogP contribution is -2.33. The van der Waals surface area contributed by atoms with Crippen molar-refractivity contribution < 1.29 is 5.11 Å². The summed E-state index contributed by atoms with van der Waals surface area (Å²) in [5.74, 6) is 1.66. The number of aliphatic hydroxyl groups is 1. The zero-order valence-electron chi connectivity index (χ0n) is 9.75. The van der Waals surface area contributed by atoms with Crippen LogP contribution in [-0.4, -0.2) is 36.3 Å². The van der Waals surface area contributed by atoms with E-state index in [1.807, 2.05) is 11.8 Å². The van der Waals surface area contributed by atoms with Crippen LogP contribution in [0.25, 0.3) is 0 Å². The van der Waals surface area contributed by atoms with E-state index in [1.54, 1.807) is 0 Å². The number of hydrogen-bond acceptors (Lipinski definition) is 3. The highest BCUT2D eigenvalue weighted by Gasteiger charge is 2.14. The van der Waals surface area contributed by atoms with Crippen LogP contribution in [0.15, 0.2) is 0 Å². The molecule has 0 spiro atoms. The van der Waals surface area contributed by atoms with Crippen LogP contribution in [-0.2, 0) is 0 Å². The summed E-state index contributed by atoms with van der Waals surface area (Å²) in [4.78, 5) is 0. The summed E-state index contributed by atoms with van der Waals surface area (Å²) in [5.41, 5.74) is 0. The van der Waals surface area contributed by atoms with Gasteiger partial charge in [0.1, 0.15) is 0 Å². The van der Waals surface area contributed by atoms with E-state index in [9.17, 15) is 5.11 Å². The van der Waals surface area contributed by atoms with Crippen LogP contribution in [0.4, 0.5) is 0 Å². The minimum absolute atomic E-state index is 0.167. The predicted molar refractivity (Wildman–Crippen MR) is 65.9 cm³/mol. The standard InChI is InChI=1S/C11H25NOS/c1-4-10(5-2)11(13)9-12-7-6-8-14-3/h10-13H,4-9H2,1-3H3. The maximum absolute atomic E-state index is 9.80. The van der Waals surface area contributed by atoms with Gasteiger partial charge in [-0.05, 0) is 30.9 Å². The van der Waals surface area contributed by atoms with Crippen molar-refractivity contribution in [1.82, 2.24) is 5.32 Å². The Hall–Kier alpha value is 0.270. The third-order valence-corrected chi connectivity index (χ3v) is 3.35. The van der Waals surface area contributed by atoms with Gasteiger partial charge in [-0.1, -0.05) is 26.7 Å². The molecule has 0 fully saturated rings. The molecule has 2 nitrogen and oxygen atoms in total. The molecule has 0 aromatic carbocycles. The lowest BCUT2D eigenvalue weighted by molar-refractivity contribution is 0.102. The van der Waals surface area contributed by atoms with Gasteiger partial charge in [0.15, 0.2) is 0 Å². The van der Waals surface area contributed by atoms with Crippen molar-refractivity contribution in [3.63, 3.8) is 0 Å². The minimum Gasteiger partial charge on any atom is -0.392 e. The van der Waals surface area contributed by atoms with Gasteiger partial charge in [-0.3, -0.25) is 0 Å². The molecular weight excluding hydrogens is 194 g/mol. The van der Waals surface area contributed by atoms with Gasteiger partial charge in [-0.2, -0.15) is 11.8 Å². The number of rotatable bonds is 9. The molecule has 0 aliphatic heterocycles. The molecule has 14 heavy (non-hydrogen) atoms. The smallest absolute Gasteiger partial charge is 0.0692 e. The highest BCUT2D eigenvalue weighted by atomic mass is 32.2. The zero-order chi connectivity index (χ0) is 10.8. The molecule has 1 unspecified atom stereocenters. The fourth-order valence-corrected chi connectivity index (χ4v) is 2.02. The molecule has 3 heteroatoms. The van der Waals surface area contributed by atoms with Crippen LogP contribution >= 0.6 is 11.8 Å². The largest absolute Gasteiger partial charge is 0.392 e. The SMILES string of the molecule is CCC(CC)C(O)CNCCCSC. The van der Waals surface area contributed by atoms with Crippen molar-refractivity contribution in [3.8, 4) is 0 Å². The number of aliphatic hydroxyl groups excluding tert-OH is 1. The molecule has 1 atom stereocenters. The molecule has 0 saturated carbocycles. The van der Waals surface area contributed by atoms with Crippen LogP contribution in [0, 0.1) is 5.92 Å². The molecule has 0 aromatic rings. The van der Waals surface area contributed by atoms with Crippen LogP contribution in [0.3, 0.4) is 0 Å². The number of thioether (sulfide) groups is 1. The Balaban J connectivity index is 3.37. The van der Waals surface area contributed by atoms with Gasteiger partial charge >= 0.3 is 0 Å². The zero-order valence-corrected chi connectivity index (χ0v) is 10.6. The average Bonchev–Trinajstić information content (AvgIpc) is 2.19. The second-order valence-corrected chi connectivity index (χ2v) is 4.68. The van der Waals surface area contributed by atoms with E-state index < -0.39 is 0 Å². The van der Waals surface area contributed by atoms with Crippen molar-refractivity contribution in [2.75, 3.05) is 25.1 Å². The Morgan fingerprint density at radius 3 is 2.43 bits per heavy atom. The van der Waals surface area contributed by atoms with E-state index in [2.05, 4.69) is 25.4 Å². The summed E-state index contributed by atoms with van der Waals surface area (Å²) >= 11 is 1.87. The van der Waals surface area contributed by atoms with Crippen molar-refractivity contribution in [2.24, 2.45) is 5.92 Å². The summed E-state index contributed by atoms with van der Waals surface area (Å²) in [5, 5.41) is 13.1. The summed E-state index contributed by atoms with van der Waals surface area (Å²) in [6.45, 7) is 6.06. The maximum Gasteiger partial charge on any atom is 0.0692 e. The first kappa shape index (κ1) is 14.3. The maximum atomic E-state index is 9.80. The Bertz CT molecular complexity index is 118. The molecular formula is C11H25NOS. The van der Waals surface area contributed by atoms with Crippen molar-refractivity contribution in [2.45, 2.75) is 39.2 Å². The molecule has 2 N–H and O–H groups in total. The normalized spacial score (nSPS) is 13.5. The molecule has 0 aliphatic carbocycles. The first-order chi connectivity index (χ1) is 6.76. The summed E-state index contributed by atoms with van der Waals surface area (Å²) in [7, 11) is 0. The highest BCUT2D eigenvalue weighted by molar-refractivity contribution is 7.98. The molecule has 0 aliphatic rings. The molecule has 0 heterocycles. The number of nitrogens with one attached hydrogen (secondary N) is 1. The molecule has 0 amide bonds. The topological polar surface area (TPSA) is 32.3 Å². The van der Waals surface area contributed by atoms with Gasteiger partial charge in [0.2, 0.25) is 0 Å². The minimum atomic E-state index is -0.167. The van der Waals surface area contributed by atoms with Gasteiger partial charge in [0.05, 0.1) is 6.10 Å². The fourth-order valence-electron chi connectivity index (χ4n) is 1.59. The second-order valence-electron chi connectivity index (χ2n) is 3.69. The van der Waals surface area contributed by atoms with Crippen molar-refractivity contribution in [1.29, 1.82) is 0 Å². The summed E-state index contributed by atoms with van der Waals surface area (Å²) in [6, 6.07) is 0. The molecule has 0 saturated heterocycles. The van der Waals surface area contributed by atoms with Gasteiger partial charge in [0.25, 0.3) is 0 Å². The van der Waals surface area contributed by atoms with Crippen molar-refractivity contribution >= 4 is 11.8 Å². The Morgan fingerprint density at radius 2 is 1.93 bits per heavy atom. The quantitative estimate of drug-likeness (QED) is 0.583. The molecule has 0 radical (unpaired) electrons. The van der Waals surface area contributed by atoms with E-state index >= 15 is 0 Å². The van der Waals surface area contributed by atoms with Gasteiger partial charge < -0.3 is 10.4 Å². The van der Waals surface area contributed by atoms with Crippen LogP contribution < -0.4 is 5.32 Å². The number of hydrogen-bond donors (Lipinski definition) is 2. The first-order valence-electron chi connectivity index (χ1n) is 5.63. The van der Waals surface area contributed by atoms with E-state index in [-0.39, 0.29) is 6.10 Å². The van der Waals surface area contributed by atoms with E-state index in [0.29, 0.717) is 5.92 Å². The van der Waals surface area contributed by atoms with Gasteiger partial charge in [-0.25, -0.2) is 0 Å².